The van der Waals surface area contributed by atoms with Gasteiger partial charge in [0, 0.05) is 6.61 Å². The van der Waals surface area contributed by atoms with Crippen LogP contribution in [0.5, 0.6) is 0 Å². The van der Waals surface area contributed by atoms with Crippen molar-refractivity contribution in [2.45, 2.75) is 56.4 Å². The summed E-state index contributed by atoms with van der Waals surface area (Å²) in [5.41, 5.74) is 0.159. The molecule has 1 N–H and O–H groups in total. The molecule has 1 unspecified atom stereocenters. The van der Waals surface area contributed by atoms with E-state index in [2.05, 4.69) is 10.4 Å². The van der Waals surface area contributed by atoms with Gasteiger partial charge in [-0.05, 0) is 62.1 Å². The highest BCUT2D eigenvalue weighted by molar-refractivity contribution is 6.32. The average Bonchev–Trinajstić information content (AvgIpc) is 3.52. The van der Waals surface area contributed by atoms with Crippen LogP contribution in [0.4, 0.5) is 10.1 Å². The van der Waals surface area contributed by atoms with Crippen molar-refractivity contribution in [1.82, 2.24) is 9.78 Å². The number of hydrogen-bond donors (Lipinski definition) is 1. The maximum Gasteiger partial charge on any atom is 0.292 e. The van der Waals surface area contributed by atoms with Gasteiger partial charge in [0.1, 0.15) is 5.02 Å². The molecule has 2 aromatic rings. The summed E-state index contributed by atoms with van der Waals surface area (Å²) in [5.74, 6) is 0.749. The van der Waals surface area contributed by atoms with E-state index in [-0.39, 0.29) is 24.3 Å². The second-order valence-corrected chi connectivity index (χ2v) is 9.30. The van der Waals surface area contributed by atoms with E-state index >= 15 is 0 Å². The van der Waals surface area contributed by atoms with E-state index in [1.807, 2.05) is 24.3 Å². The van der Waals surface area contributed by atoms with E-state index in [9.17, 15) is 9.18 Å². The summed E-state index contributed by atoms with van der Waals surface area (Å²) in [6.45, 7) is 0.646. The lowest BCUT2D eigenvalue weighted by molar-refractivity contribution is -0.0234. The largest absolute Gasteiger partial charge is 0.379 e. The van der Waals surface area contributed by atoms with Gasteiger partial charge in [-0.15, -0.1) is 0 Å². The van der Waals surface area contributed by atoms with Crippen molar-refractivity contribution in [1.29, 1.82) is 0 Å². The maximum absolute atomic E-state index is 14.7. The molecule has 0 bridgehead atoms. The fourth-order valence-corrected chi connectivity index (χ4v) is 4.70. The Hall–Kier alpha value is -1.96. The van der Waals surface area contributed by atoms with E-state index in [0.29, 0.717) is 36.9 Å². The lowest BCUT2D eigenvalue weighted by Crippen LogP contribution is -2.40. The Labute approximate surface area is 185 Å². The zero-order valence-corrected chi connectivity index (χ0v) is 18.1. The zero-order valence-electron chi connectivity index (χ0n) is 17.4. The number of hydrogen-bond acceptors (Lipinski definition) is 5. The van der Waals surface area contributed by atoms with Crippen LogP contribution in [0.25, 0.3) is 5.69 Å². The van der Waals surface area contributed by atoms with Crippen LogP contribution < -0.4 is 10.9 Å². The van der Waals surface area contributed by atoms with Gasteiger partial charge in [0.25, 0.3) is 5.56 Å². The number of nitrogens with zero attached hydrogens (tertiary/aromatic N) is 2. The summed E-state index contributed by atoms with van der Waals surface area (Å²) >= 11 is 6.29. The van der Waals surface area contributed by atoms with Crippen molar-refractivity contribution in [2.75, 3.05) is 25.1 Å². The van der Waals surface area contributed by atoms with Gasteiger partial charge < -0.3 is 14.8 Å². The standard InChI is InChI=1S/C23H27ClFN3O3/c24-21-18(26-13-23(25)10-1-11-30-14-23)12-27-28(22(21)29)17-6-4-16(5-7-17)20-9-8-19(31-20)15-2-3-15/h4-7,12,15,19-20,26H,1-3,8-11,13-14H2/t19-,20+,23?/m1/s1. The third-order valence-corrected chi connectivity index (χ3v) is 6.86. The number of alkyl halides is 1. The van der Waals surface area contributed by atoms with Gasteiger partial charge in [-0.2, -0.15) is 9.78 Å². The molecule has 166 valence electrons. The first kappa shape index (κ1) is 20.9. The molecule has 8 heteroatoms. The molecule has 1 aliphatic carbocycles. The normalized spacial score (nSPS) is 28.6. The number of aromatic nitrogens is 2. The van der Waals surface area contributed by atoms with Crippen molar-refractivity contribution in [2.24, 2.45) is 5.92 Å². The Morgan fingerprint density at radius 3 is 2.74 bits per heavy atom. The molecule has 1 aromatic carbocycles. The minimum Gasteiger partial charge on any atom is -0.379 e. The first-order valence-corrected chi connectivity index (χ1v) is 11.4. The third kappa shape index (κ3) is 4.49. The fraction of sp³-hybridized carbons (Fsp3) is 0.565. The Bertz CT molecular complexity index is 987. The average molecular weight is 448 g/mol. The lowest BCUT2D eigenvalue weighted by Gasteiger charge is -2.29. The number of ether oxygens (including phenoxy) is 2. The van der Waals surface area contributed by atoms with Crippen molar-refractivity contribution in [3.8, 4) is 5.69 Å². The molecule has 31 heavy (non-hydrogen) atoms. The van der Waals surface area contributed by atoms with Crippen LogP contribution >= 0.6 is 11.6 Å². The highest BCUT2D eigenvalue weighted by atomic mass is 35.5. The summed E-state index contributed by atoms with van der Waals surface area (Å²) in [6, 6.07) is 7.69. The molecule has 2 aliphatic heterocycles. The minimum atomic E-state index is -1.47. The minimum absolute atomic E-state index is 0.00851. The summed E-state index contributed by atoms with van der Waals surface area (Å²) in [6.07, 6.45) is 7.81. The Morgan fingerprint density at radius 1 is 1.23 bits per heavy atom. The van der Waals surface area contributed by atoms with Crippen LogP contribution in [-0.2, 0) is 9.47 Å². The Morgan fingerprint density at radius 2 is 2.03 bits per heavy atom. The molecule has 2 saturated heterocycles. The molecule has 0 amide bonds. The molecule has 1 saturated carbocycles. The van der Waals surface area contributed by atoms with Crippen LogP contribution in [-0.4, -0.2) is 41.3 Å². The predicted molar refractivity (Wildman–Crippen MR) is 117 cm³/mol. The van der Waals surface area contributed by atoms with E-state index in [0.717, 1.165) is 24.3 Å². The fourth-order valence-electron chi connectivity index (χ4n) is 4.50. The van der Waals surface area contributed by atoms with Crippen LogP contribution in [0.1, 0.15) is 50.2 Å². The van der Waals surface area contributed by atoms with Crippen molar-refractivity contribution in [3.63, 3.8) is 0 Å². The van der Waals surface area contributed by atoms with E-state index in [4.69, 9.17) is 21.1 Å². The molecular weight excluding hydrogens is 421 g/mol. The number of nitrogens with one attached hydrogen (secondary N) is 1. The Balaban J connectivity index is 1.28. The maximum atomic E-state index is 14.7. The molecule has 1 aromatic heterocycles. The Kier molecular flexibility index (Phi) is 5.75. The van der Waals surface area contributed by atoms with E-state index in [1.54, 1.807) is 0 Å². The molecule has 3 fully saturated rings. The van der Waals surface area contributed by atoms with Gasteiger partial charge in [-0.3, -0.25) is 4.79 Å². The molecule has 0 spiro atoms. The second-order valence-electron chi connectivity index (χ2n) is 8.92. The summed E-state index contributed by atoms with van der Waals surface area (Å²) in [5, 5.41) is 7.16. The predicted octanol–water partition coefficient (Wildman–Crippen LogP) is 4.45. The number of benzene rings is 1. The van der Waals surface area contributed by atoms with E-state index in [1.165, 1.54) is 23.7 Å². The summed E-state index contributed by atoms with van der Waals surface area (Å²) < 4.78 is 27.4. The zero-order chi connectivity index (χ0) is 21.4. The molecular formula is C23H27ClFN3O3. The molecule has 0 radical (unpaired) electrons. The van der Waals surface area contributed by atoms with Gasteiger partial charge in [-0.1, -0.05) is 23.7 Å². The van der Waals surface area contributed by atoms with Gasteiger partial charge in [0.15, 0.2) is 5.67 Å². The quantitative estimate of drug-likeness (QED) is 0.708. The summed E-state index contributed by atoms with van der Waals surface area (Å²) in [4.78, 5) is 12.8. The smallest absolute Gasteiger partial charge is 0.292 e. The molecule has 5 rings (SSSR count). The second kappa shape index (κ2) is 8.52. The van der Waals surface area contributed by atoms with Gasteiger partial charge >= 0.3 is 0 Å². The van der Waals surface area contributed by atoms with Crippen molar-refractivity contribution < 1.29 is 13.9 Å². The molecule has 6 nitrogen and oxygen atoms in total. The molecule has 3 atom stereocenters. The van der Waals surface area contributed by atoms with Crippen LogP contribution in [0, 0.1) is 5.92 Å². The van der Waals surface area contributed by atoms with E-state index < -0.39 is 11.2 Å². The first-order valence-electron chi connectivity index (χ1n) is 11.1. The number of halogens is 2. The highest BCUT2D eigenvalue weighted by Gasteiger charge is 2.38. The van der Waals surface area contributed by atoms with Crippen LogP contribution in [0.2, 0.25) is 5.02 Å². The topological polar surface area (TPSA) is 65.4 Å². The molecule has 3 aliphatic rings. The number of rotatable bonds is 6. The monoisotopic (exact) mass is 447 g/mol. The van der Waals surface area contributed by atoms with Gasteiger partial charge in [0.2, 0.25) is 0 Å². The van der Waals surface area contributed by atoms with Crippen LogP contribution in [0.3, 0.4) is 0 Å². The highest BCUT2D eigenvalue weighted by Crippen LogP contribution is 2.44. The van der Waals surface area contributed by atoms with Gasteiger partial charge in [0.05, 0.1) is 42.9 Å². The SMILES string of the molecule is O=c1c(Cl)c(NCC2(F)CCCOC2)cnn1-c1ccc([C@@H]2CC[C@H](C3CC3)O2)cc1. The van der Waals surface area contributed by atoms with Gasteiger partial charge in [-0.25, -0.2) is 4.39 Å². The number of anilines is 1. The lowest BCUT2D eigenvalue weighted by atomic mass is 9.99. The third-order valence-electron chi connectivity index (χ3n) is 6.50. The first-order chi connectivity index (χ1) is 15.0. The van der Waals surface area contributed by atoms with Crippen molar-refractivity contribution in [3.05, 3.63) is 51.4 Å². The van der Waals surface area contributed by atoms with Crippen molar-refractivity contribution >= 4 is 17.3 Å². The summed E-state index contributed by atoms with van der Waals surface area (Å²) in [7, 11) is 0. The van der Waals surface area contributed by atoms with Crippen LogP contribution in [0.15, 0.2) is 35.3 Å². The molecule has 3 heterocycles.